The minimum absolute atomic E-state index is 0.444. The zero-order valence-corrected chi connectivity index (χ0v) is 11.7. The molecule has 1 atom stereocenters. The lowest BCUT2D eigenvalue weighted by Gasteiger charge is -2.20. The van der Waals surface area contributed by atoms with E-state index in [-0.39, 0.29) is 0 Å². The van der Waals surface area contributed by atoms with E-state index >= 15 is 0 Å². The van der Waals surface area contributed by atoms with Gasteiger partial charge in [-0.05, 0) is 31.7 Å². The third kappa shape index (κ3) is 3.71. The second kappa shape index (κ2) is 6.39. The van der Waals surface area contributed by atoms with Crippen LogP contribution in [-0.2, 0) is 11.3 Å². The maximum atomic E-state index is 11.4. The van der Waals surface area contributed by atoms with Crippen molar-refractivity contribution in [3.05, 3.63) is 59.5 Å². The highest BCUT2D eigenvalue weighted by Gasteiger charge is 2.21. The van der Waals surface area contributed by atoms with Crippen molar-refractivity contribution in [1.29, 1.82) is 0 Å². The van der Waals surface area contributed by atoms with E-state index in [0.29, 0.717) is 13.1 Å². The molecule has 1 aromatic carbocycles. The molecular weight excluding hydrogens is 254 g/mol. The number of carboxylic acids is 1. The topological polar surface area (TPSA) is 53.7 Å². The molecule has 0 radical (unpaired) electrons. The van der Waals surface area contributed by atoms with E-state index in [1.165, 1.54) is 0 Å². The van der Waals surface area contributed by atoms with Crippen LogP contribution in [0.4, 0.5) is 0 Å². The molecule has 106 valence electrons. The predicted molar refractivity (Wildman–Crippen MR) is 76.6 cm³/mol. The summed E-state index contributed by atoms with van der Waals surface area (Å²) in [6, 6.07) is 13.1. The molecule has 0 amide bonds. The van der Waals surface area contributed by atoms with E-state index in [1.807, 2.05) is 61.3 Å². The van der Waals surface area contributed by atoms with Crippen LogP contribution in [-0.4, -0.2) is 29.6 Å². The Morgan fingerprint density at radius 1 is 1.25 bits per heavy atom. The number of aliphatic carboxylic acids is 1. The summed E-state index contributed by atoms with van der Waals surface area (Å²) < 4.78 is 5.51. The Balaban J connectivity index is 2.03. The maximum absolute atomic E-state index is 11.4. The molecule has 0 saturated carbocycles. The molecule has 0 bridgehead atoms. The van der Waals surface area contributed by atoms with Crippen molar-refractivity contribution < 1.29 is 14.3 Å². The monoisotopic (exact) mass is 273 g/mol. The summed E-state index contributed by atoms with van der Waals surface area (Å²) in [6.07, 6.45) is 0. The van der Waals surface area contributed by atoms with Crippen LogP contribution >= 0.6 is 0 Å². The van der Waals surface area contributed by atoms with Gasteiger partial charge in [0.2, 0.25) is 0 Å². The highest BCUT2D eigenvalue weighted by atomic mass is 16.4. The van der Waals surface area contributed by atoms with E-state index in [4.69, 9.17) is 4.42 Å². The number of benzene rings is 1. The van der Waals surface area contributed by atoms with E-state index < -0.39 is 11.9 Å². The Morgan fingerprint density at radius 2 is 1.95 bits per heavy atom. The van der Waals surface area contributed by atoms with Gasteiger partial charge in [-0.25, -0.2) is 0 Å². The molecule has 1 aromatic heterocycles. The fourth-order valence-corrected chi connectivity index (χ4v) is 2.22. The normalized spacial score (nSPS) is 12.6. The molecule has 4 nitrogen and oxygen atoms in total. The van der Waals surface area contributed by atoms with Crippen molar-refractivity contribution in [1.82, 2.24) is 4.90 Å². The Morgan fingerprint density at radius 3 is 2.50 bits per heavy atom. The SMILES string of the molecule is Cc1ccc(CN(C)CC(C(=O)O)c2ccccc2)o1. The first kappa shape index (κ1) is 14.3. The summed E-state index contributed by atoms with van der Waals surface area (Å²) >= 11 is 0. The molecular formula is C16H19NO3. The number of rotatable bonds is 6. The molecule has 1 heterocycles. The average Bonchev–Trinajstić information content (AvgIpc) is 2.82. The summed E-state index contributed by atoms with van der Waals surface area (Å²) in [5, 5.41) is 9.40. The number of furan rings is 1. The average molecular weight is 273 g/mol. The van der Waals surface area contributed by atoms with Gasteiger partial charge >= 0.3 is 5.97 Å². The largest absolute Gasteiger partial charge is 0.481 e. The fourth-order valence-electron chi connectivity index (χ4n) is 2.22. The predicted octanol–water partition coefficient (Wildman–Crippen LogP) is 2.89. The van der Waals surface area contributed by atoms with E-state index in [9.17, 15) is 9.90 Å². The second-order valence-corrected chi connectivity index (χ2v) is 5.01. The van der Waals surface area contributed by atoms with Crippen molar-refractivity contribution in [3.8, 4) is 0 Å². The van der Waals surface area contributed by atoms with Crippen molar-refractivity contribution in [2.75, 3.05) is 13.6 Å². The quantitative estimate of drug-likeness (QED) is 0.879. The number of aryl methyl sites for hydroxylation is 1. The molecule has 0 fully saturated rings. The number of hydrogen-bond donors (Lipinski definition) is 1. The number of carbonyl (C=O) groups is 1. The van der Waals surface area contributed by atoms with Crippen molar-refractivity contribution in [2.24, 2.45) is 0 Å². The van der Waals surface area contributed by atoms with Gasteiger partial charge in [-0.3, -0.25) is 9.69 Å². The van der Waals surface area contributed by atoms with Crippen LogP contribution < -0.4 is 0 Å². The maximum Gasteiger partial charge on any atom is 0.312 e. The van der Waals surface area contributed by atoms with Crippen molar-refractivity contribution in [2.45, 2.75) is 19.4 Å². The van der Waals surface area contributed by atoms with Crippen LogP contribution in [0.5, 0.6) is 0 Å². The van der Waals surface area contributed by atoms with Gasteiger partial charge in [0.05, 0.1) is 12.5 Å². The molecule has 2 aromatic rings. The first-order valence-electron chi connectivity index (χ1n) is 6.58. The van der Waals surface area contributed by atoms with Crippen LogP contribution in [0.2, 0.25) is 0 Å². The third-order valence-corrected chi connectivity index (χ3v) is 3.22. The number of hydrogen-bond acceptors (Lipinski definition) is 3. The number of nitrogens with zero attached hydrogens (tertiary/aromatic N) is 1. The van der Waals surface area contributed by atoms with E-state index in [2.05, 4.69) is 0 Å². The molecule has 20 heavy (non-hydrogen) atoms. The summed E-state index contributed by atoms with van der Waals surface area (Å²) in [7, 11) is 1.90. The molecule has 0 spiro atoms. The minimum Gasteiger partial charge on any atom is -0.481 e. The van der Waals surface area contributed by atoms with Crippen LogP contribution in [0.25, 0.3) is 0 Å². The summed E-state index contributed by atoms with van der Waals surface area (Å²) in [5.74, 6) is 0.379. The third-order valence-electron chi connectivity index (χ3n) is 3.22. The van der Waals surface area contributed by atoms with Gasteiger partial charge < -0.3 is 9.52 Å². The Hall–Kier alpha value is -2.07. The van der Waals surface area contributed by atoms with E-state index in [0.717, 1.165) is 17.1 Å². The van der Waals surface area contributed by atoms with Gasteiger partial charge in [-0.1, -0.05) is 30.3 Å². The Bertz CT molecular complexity index is 562. The molecule has 0 saturated heterocycles. The molecule has 4 heteroatoms. The molecule has 0 aliphatic rings. The molecule has 2 rings (SSSR count). The van der Waals surface area contributed by atoms with Crippen molar-refractivity contribution >= 4 is 5.97 Å². The molecule has 1 unspecified atom stereocenters. The first-order valence-corrected chi connectivity index (χ1v) is 6.58. The van der Waals surface area contributed by atoms with Crippen LogP contribution in [0.3, 0.4) is 0 Å². The summed E-state index contributed by atoms with van der Waals surface area (Å²) in [5.41, 5.74) is 0.822. The molecule has 1 N–H and O–H groups in total. The Kier molecular flexibility index (Phi) is 4.58. The highest BCUT2D eigenvalue weighted by Crippen LogP contribution is 2.18. The highest BCUT2D eigenvalue weighted by molar-refractivity contribution is 5.76. The minimum atomic E-state index is -0.807. The van der Waals surface area contributed by atoms with E-state index in [1.54, 1.807) is 0 Å². The molecule has 0 aliphatic carbocycles. The smallest absolute Gasteiger partial charge is 0.312 e. The lowest BCUT2D eigenvalue weighted by Crippen LogP contribution is -2.28. The first-order chi connectivity index (χ1) is 9.56. The zero-order chi connectivity index (χ0) is 14.5. The van der Waals surface area contributed by atoms with Gasteiger partial charge in [0.25, 0.3) is 0 Å². The lowest BCUT2D eigenvalue weighted by atomic mass is 9.99. The number of likely N-dealkylation sites (N-methyl/N-ethyl adjacent to an activating group) is 1. The summed E-state index contributed by atoms with van der Waals surface area (Å²) in [4.78, 5) is 13.4. The fraction of sp³-hybridized carbons (Fsp3) is 0.312. The van der Waals surface area contributed by atoms with Gasteiger partial charge in [0.1, 0.15) is 11.5 Å². The zero-order valence-electron chi connectivity index (χ0n) is 11.7. The van der Waals surface area contributed by atoms with Crippen LogP contribution in [0, 0.1) is 6.92 Å². The van der Waals surface area contributed by atoms with Gasteiger partial charge in [0, 0.05) is 6.54 Å². The second-order valence-electron chi connectivity index (χ2n) is 5.01. The van der Waals surface area contributed by atoms with Crippen molar-refractivity contribution in [3.63, 3.8) is 0 Å². The summed E-state index contributed by atoms with van der Waals surface area (Å²) in [6.45, 7) is 2.94. The molecule has 0 aliphatic heterocycles. The van der Waals surface area contributed by atoms with Gasteiger partial charge in [0.15, 0.2) is 0 Å². The van der Waals surface area contributed by atoms with Crippen LogP contribution in [0.1, 0.15) is 23.0 Å². The standard InChI is InChI=1S/C16H19NO3/c1-12-8-9-14(20-12)10-17(2)11-15(16(18)19)13-6-4-3-5-7-13/h3-9,15H,10-11H2,1-2H3,(H,18,19). The van der Waals surface area contributed by atoms with Gasteiger partial charge in [-0.15, -0.1) is 0 Å². The Labute approximate surface area is 118 Å². The lowest BCUT2D eigenvalue weighted by molar-refractivity contribution is -0.139. The van der Waals surface area contributed by atoms with Gasteiger partial charge in [-0.2, -0.15) is 0 Å². The van der Waals surface area contributed by atoms with Crippen LogP contribution in [0.15, 0.2) is 46.9 Å². The number of carboxylic acid groups (broad SMARTS) is 1.